The van der Waals surface area contributed by atoms with Crippen LogP contribution in [0.3, 0.4) is 0 Å². The molecule has 0 N–H and O–H groups in total. The van der Waals surface area contributed by atoms with E-state index in [0.29, 0.717) is 25.5 Å². The van der Waals surface area contributed by atoms with E-state index in [9.17, 15) is 9.59 Å². The van der Waals surface area contributed by atoms with E-state index in [2.05, 4.69) is 20.8 Å². The third-order valence-electron chi connectivity index (χ3n) is 6.09. The molecule has 156 valence electrons. The molecule has 3 heterocycles. The van der Waals surface area contributed by atoms with Crippen molar-refractivity contribution in [1.82, 2.24) is 9.80 Å². The summed E-state index contributed by atoms with van der Waals surface area (Å²) in [4.78, 5) is 29.7. The van der Waals surface area contributed by atoms with Gasteiger partial charge in [0.25, 0.3) is 5.91 Å². The zero-order chi connectivity index (χ0) is 20.3. The number of amides is 2. The number of hydrogen-bond donors (Lipinski definition) is 0. The maximum absolute atomic E-state index is 13.2. The summed E-state index contributed by atoms with van der Waals surface area (Å²) in [6.45, 7) is 10.9. The Kier molecular flexibility index (Phi) is 6.48. The van der Waals surface area contributed by atoms with Gasteiger partial charge in [-0.25, -0.2) is 0 Å². The van der Waals surface area contributed by atoms with Crippen LogP contribution in [-0.2, 0) is 16.0 Å². The van der Waals surface area contributed by atoms with Gasteiger partial charge in [0.05, 0.1) is 5.60 Å². The van der Waals surface area contributed by atoms with Crippen molar-refractivity contribution in [2.45, 2.75) is 71.4 Å². The molecule has 2 amide bonds. The Morgan fingerprint density at radius 3 is 2.46 bits per heavy atom. The number of likely N-dealkylation sites (tertiary alicyclic amines) is 1. The predicted octanol–water partition coefficient (Wildman–Crippen LogP) is 3.50. The molecule has 0 spiro atoms. The van der Waals surface area contributed by atoms with E-state index in [1.807, 2.05) is 22.8 Å². The van der Waals surface area contributed by atoms with Crippen molar-refractivity contribution in [3.63, 3.8) is 0 Å². The summed E-state index contributed by atoms with van der Waals surface area (Å²) in [6.07, 6.45) is 3.99. The highest BCUT2D eigenvalue weighted by Gasteiger charge is 2.37. The number of rotatable bonds is 5. The lowest BCUT2D eigenvalue weighted by Gasteiger charge is -2.43. The molecule has 2 aliphatic rings. The average molecular weight is 391 g/mol. The molecule has 28 heavy (non-hydrogen) atoms. The minimum atomic E-state index is -0.174. The maximum Gasteiger partial charge on any atom is 0.289 e. The molecule has 2 saturated heterocycles. The van der Waals surface area contributed by atoms with Crippen LogP contribution in [0, 0.1) is 5.92 Å². The van der Waals surface area contributed by atoms with E-state index in [0.717, 1.165) is 44.4 Å². The number of piperidine rings is 1. The Bertz CT molecular complexity index is 688. The monoisotopic (exact) mass is 390 g/mol. The Morgan fingerprint density at radius 1 is 1.18 bits per heavy atom. The molecule has 1 aromatic heterocycles. The minimum Gasteiger partial charge on any atom is -0.456 e. The molecule has 0 aromatic carbocycles. The zero-order valence-corrected chi connectivity index (χ0v) is 17.7. The van der Waals surface area contributed by atoms with Crippen molar-refractivity contribution in [3.8, 4) is 0 Å². The summed E-state index contributed by atoms with van der Waals surface area (Å²) in [5.41, 5.74) is -0.174. The Balaban J connectivity index is 1.57. The lowest BCUT2D eigenvalue weighted by Crippen LogP contribution is -2.51. The van der Waals surface area contributed by atoms with E-state index in [-0.39, 0.29) is 29.4 Å². The lowest BCUT2D eigenvalue weighted by molar-refractivity contribution is -0.145. The lowest BCUT2D eigenvalue weighted by atomic mass is 9.90. The van der Waals surface area contributed by atoms with Gasteiger partial charge in [-0.3, -0.25) is 9.59 Å². The van der Waals surface area contributed by atoms with Gasteiger partial charge in [-0.2, -0.15) is 0 Å². The number of nitrogens with zero attached hydrogens (tertiary/aromatic N) is 2. The van der Waals surface area contributed by atoms with Crippen LogP contribution >= 0.6 is 0 Å². The second kappa shape index (κ2) is 8.68. The van der Waals surface area contributed by atoms with E-state index in [1.165, 1.54) is 0 Å². The molecular formula is C22H34N2O4. The van der Waals surface area contributed by atoms with Crippen molar-refractivity contribution in [3.05, 3.63) is 23.7 Å². The van der Waals surface area contributed by atoms with Crippen LogP contribution in [0.2, 0.25) is 0 Å². The Hall–Kier alpha value is -1.82. The van der Waals surface area contributed by atoms with Gasteiger partial charge in [0, 0.05) is 44.6 Å². The fourth-order valence-electron chi connectivity index (χ4n) is 4.46. The van der Waals surface area contributed by atoms with Crippen molar-refractivity contribution in [1.29, 1.82) is 0 Å². The number of hydrogen-bond acceptors (Lipinski definition) is 4. The highest BCUT2D eigenvalue weighted by atomic mass is 16.5. The highest BCUT2D eigenvalue weighted by molar-refractivity contribution is 5.91. The van der Waals surface area contributed by atoms with Gasteiger partial charge in [0.2, 0.25) is 5.91 Å². The van der Waals surface area contributed by atoms with Crippen LogP contribution in [0.5, 0.6) is 0 Å². The summed E-state index contributed by atoms with van der Waals surface area (Å²) in [5.74, 6) is 1.40. The maximum atomic E-state index is 13.2. The van der Waals surface area contributed by atoms with Gasteiger partial charge in [-0.1, -0.05) is 6.92 Å². The fraction of sp³-hybridized carbons (Fsp3) is 0.727. The third-order valence-corrected chi connectivity index (χ3v) is 6.09. The smallest absolute Gasteiger partial charge is 0.289 e. The quantitative estimate of drug-likeness (QED) is 0.772. The first kappa shape index (κ1) is 20.9. The van der Waals surface area contributed by atoms with E-state index in [4.69, 9.17) is 9.15 Å². The Labute approximate surface area is 168 Å². The van der Waals surface area contributed by atoms with Crippen molar-refractivity contribution < 1.29 is 18.7 Å². The predicted molar refractivity (Wildman–Crippen MR) is 107 cm³/mol. The van der Waals surface area contributed by atoms with Gasteiger partial charge in [0.1, 0.15) is 5.76 Å². The number of carbonyl (C=O) groups is 2. The van der Waals surface area contributed by atoms with Crippen LogP contribution in [-0.4, -0.2) is 59.5 Å². The van der Waals surface area contributed by atoms with Crippen molar-refractivity contribution in [2.24, 2.45) is 5.92 Å². The fourth-order valence-corrected chi connectivity index (χ4v) is 4.46. The molecule has 1 aromatic rings. The molecule has 0 radical (unpaired) electrons. The van der Waals surface area contributed by atoms with Crippen LogP contribution in [0.15, 0.2) is 16.5 Å². The highest BCUT2D eigenvalue weighted by Crippen LogP contribution is 2.30. The van der Waals surface area contributed by atoms with Crippen LogP contribution in [0.4, 0.5) is 0 Å². The Morgan fingerprint density at radius 2 is 1.89 bits per heavy atom. The average Bonchev–Trinajstić information content (AvgIpc) is 3.16. The number of carbonyl (C=O) groups excluding carboxylic acids is 2. The van der Waals surface area contributed by atoms with Gasteiger partial charge < -0.3 is 19.0 Å². The molecule has 1 unspecified atom stereocenters. The third kappa shape index (κ3) is 4.59. The van der Waals surface area contributed by atoms with Crippen LogP contribution < -0.4 is 0 Å². The van der Waals surface area contributed by atoms with Crippen LogP contribution in [0.25, 0.3) is 0 Å². The first-order valence-electron chi connectivity index (χ1n) is 10.7. The topological polar surface area (TPSA) is 63.0 Å². The number of aryl methyl sites for hydroxylation is 1. The first-order chi connectivity index (χ1) is 13.3. The van der Waals surface area contributed by atoms with Crippen molar-refractivity contribution >= 4 is 11.8 Å². The molecule has 3 rings (SSSR count). The second-order valence-electron chi connectivity index (χ2n) is 8.57. The molecule has 0 bridgehead atoms. The molecule has 6 nitrogen and oxygen atoms in total. The van der Waals surface area contributed by atoms with Gasteiger partial charge >= 0.3 is 0 Å². The van der Waals surface area contributed by atoms with E-state index >= 15 is 0 Å². The largest absolute Gasteiger partial charge is 0.456 e. The summed E-state index contributed by atoms with van der Waals surface area (Å²) in [6, 6.07) is 3.86. The molecular weight excluding hydrogens is 356 g/mol. The van der Waals surface area contributed by atoms with Gasteiger partial charge in [-0.05, 0) is 58.6 Å². The molecule has 6 heteroatoms. The number of ether oxygens (including phenoxy) is 1. The molecule has 2 aliphatic heterocycles. The van der Waals surface area contributed by atoms with Crippen molar-refractivity contribution in [2.75, 3.05) is 26.2 Å². The molecule has 0 aliphatic carbocycles. The van der Waals surface area contributed by atoms with Crippen LogP contribution in [0.1, 0.15) is 69.7 Å². The van der Waals surface area contributed by atoms with Gasteiger partial charge in [-0.15, -0.1) is 0 Å². The SMILES string of the molecule is CCc1ccc(C(=O)N2CCC(C(=O)N(CC)C3CCOC(C)(C)C3)CC2)o1. The first-order valence-corrected chi connectivity index (χ1v) is 10.7. The standard InChI is InChI=1S/C22H34N2O4/c1-5-18-7-8-19(28-18)21(26)23-12-9-16(10-13-23)20(25)24(6-2)17-11-14-27-22(3,4)15-17/h7-8,16-17H,5-6,9-15H2,1-4H3. The zero-order valence-electron chi connectivity index (χ0n) is 17.7. The second-order valence-corrected chi connectivity index (χ2v) is 8.57. The normalized spacial score (nSPS) is 22.9. The molecule has 1 atom stereocenters. The summed E-state index contributed by atoms with van der Waals surface area (Å²) in [5, 5.41) is 0. The molecule has 0 saturated carbocycles. The van der Waals surface area contributed by atoms with Gasteiger partial charge in [0.15, 0.2) is 5.76 Å². The molecule has 2 fully saturated rings. The summed E-state index contributed by atoms with van der Waals surface area (Å²) >= 11 is 0. The van der Waals surface area contributed by atoms with E-state index < -0.39 is 0 Å². The summed E-state index contributed by atoms with van der Waals surface area (Å²) < 4.78 is 11.4. The minimum absolute atomic E-state index is 0.00207. The number of furan rings is 1. The van der Waals surface area contributed by atoms with E-state index in [1.54, 1.807) is 6.07 Å². The summed E-state index contributed by atoms with van der Waals surface area (Å²) in [7, 11) is 0.